The number of hydrogen-bond donors (Lipinski definition) is 1. The summed E-state index contributed by atoms with van der Waals surface area (Å²) in [6, 6.07) is 12.6. The summed E-state index contributed by atoms with van der Waals surface area (Å²) in [7, 11) is 0. The van der Waals surface area contributed by atoms with Crippen molar-refractivity contribution in [3.05, 3.63) is 75.5 Å². The molecule has 0 spiro atoms. The van der Waals surface area contributed by atoms with Gasteiger partial charge in [-0.2, -0.15) is 0 Å². The van der Waals surface area contributed by atoms with Gasteiger partial charge in [0.05, 0.1) is 17.1 Å². The molecule has 11 heteroatoms. The summed E-state index contributed by atoms with van der Waals surface area (Å²) in [6.45, 7) is 6.27. The van der Waals surface area contributed by atoms with Crippen molar-refractivity contribution in [2.75, 3.05) is 25.1 Å². The minimum Gasteiger partial charge on any atom is -0.490 e. The van der Waals surface area contributed by atoms with Crippen molar-refractivity contribution < 1.29 is 33.5 Å². The number of nitrogens with zero attached hydrogens (tertiary/aromatic N) is 2. The van der Waals surface area contributed by atoms with Crippen LogP contribution in [0.2, 0.25) is 0 Å². The molecule has 0 radical (unpaired) electrons. The first-order valence-corrected chi connectivity index (χ1v) is 12.0. The van der Waals surface area contributed by atoms with E-state index in [4.69, 9.17) is 14.2 Å². The van der Waals surface area contributed by atoms with Gasteiger partial charge in [-0.3, -0.25) is 24.7 Å². The number of hydrogen-bond acceptors (Lipinski definition) is 9. The highest BCUT2D eigenvalue weighted by Gasteiger charge is 2.44. The van der Waals surface area contributed by atoms with Gasteiger partial charge in [0.2, 0.25) is 5.91 Å². The molecule has 0 saturated heterocycles. The smallest absolute Gasteiger partial charge is 0.336 e. The third-order valence-electron chi connectivity index (χ3n) is 5.82. The largest absolute Gasteiger partial charge is 0.490 e. The minimum atomic E-state index is -1.04. The molecule has 1 aliphatic rings. The highest BCUT2D eigenvalue weighted by molar-refractivity contribution is 6.07. The van der Waals surface area contributed by atoms with Gasteiger partial charge in [-0.25, -0.2) is 4.79 Å². The second-order valence-corrected chi connectivity index (χ2v) is 8.47. The first kappa shape index (κ1) is 28.0. The Balaban J connectivity index is 1.82. The van der Waals surface area contributed by atoms with Gasteiger partial charge in [-0.1, -0.05) is 18.2 Å². The molecule has 200 valence electrons. The zero-order valence-electron chi connectivity index (χ0n) is 21.6. The van der Waals surface area contributed by atoms with Crippen LogP contribution in [0.15, 0.2) is 64.8 Å². The number of nitro benzene ring substituents is 1. The number of aliphatic imine (C=N–C) groups is 1. The fourth-order valence-electron chi connectivity index (χ4n) is 4.30. The number of ether oxygens (including phenoxy) is 3. The van der Waals surface area contributed by atoms with Crippen molar-refractivity contribution in [1.29, 1.82) is 0 Å². The number of carbonyl (C=O) groups excluding carboxylic acids is 3. The average Bonchev–Trinajstić information content (AvgIpc) is 2.86. The topological polar surface area (TPSA) is 146 Å². The molecule has 1 aliphatic heterocycles. The maximum Gasteiger partial charge on any atom is 0.336 e. The Hall–Kier alpha value is -4.54. The second-order valence-electron chi connectivity index (χ2n) is 8.47. The Kier molecular flexibility index (Phi) is 9.31. The van der Waals surface area contributed by atoms with Crippen LogP contribution in [0.25, 0.3) is 0 Å². The lowest BCUT2D eigenvalue weighted by atomic mass is 9.75. The fourth-order valence-corrected chi connectivity index (χ4v) is 4.30. The minimum absolute atomic E-state index is 0.0251. The zero-order valence-corrected chi connectivity index (χ0v) is 21.6. The number of nitrogens with one attached hydrogen (secondary N) is 1. The number of rotatable bonds is 10. The predicted molar refractivity (Wildman–Crippen MR) is 139 cm³/mol. The maximum atomic E-state index is 13.3. The SMILES string of the molecule is CCOC(=O)C1C(C)=NC(C)=C(C(=O)OCCOc2ccc(NC(C)=O)cc2)[C@H]1c1ccccc1[N+](=O)[O-]. The first-order valence-electron chi connectivity index (χ1n) is 12.0. The van der Waals surface area contributed by atoms with E-state index in [1.54, 1.807) is 51.1 Å². The molecule has 1 heterocycles. The second kappa shape index (κ2) is 12.6. The van der Waals surface area contributed by atoms with Crippen LogP contribution in [0.4, 0.5) is 11.4 Å². The van der Waals surface area contributed by atoms with Gasteiger partial charge in [0, 0.05) is 41.6 Å². The van der Waals surface area contributed by atoms with Crippen LogP contribution in [0.3, 0.4) is 0 Å². The Morgan fingerprint density at radius 3 is 2.34 bits per heavy atom. The van der Waals surface area contributed by atoms with Crippen molar-refractivity contribution in [1.82, 2.24) is 0 Å². The van der Waals surface area contributed by atoms with Crippen molar-refractivity contribution in [2.45, 2.75) is 33.6 Å². The van der Waals surface area contributed by atoms with Crippen molar-refractivity contribution in [2.24, 2.45) is 10.9 Å². The van der Waals surface area contributed by atoms with Gasteiger partial charge in [0.25, 0.3) is 5.69 Å². The zero-order chi connectivity index (χ0) is 27.8. The molecule has 2 aromatic carbocycles. The molecule has 1 N–H and O–H groups in total. The lowest BCUT2D eigenvalue weighted by Crippen LogP contribution is -2.37. The van der Waals surface area contributed by atoms with E-state index < -0.39 is 28.7 Å². The van der Waals surface area contributed by atoms with Crippen LogP contribution in [-0.2, 0) is 23.9 Å². The number of para-hydroxylation sites is 1. The number of benzene rings is 2. The molecule has 3 rings (SSSR count). The van der Waals surface area contributed by atoms with Gasteiger partial charge in [-0.05, 0) is 45.0 Å². The Bertz CT molecular complexity index is 1280. The summed E-state index contributed by atoms with van der Waals surface area (Å²) in [5, 5.41) is 14.5. The summed E-state index contributed by atoms with van der Waals surface area (Å²) in [5.41, 5.74) is 1.29. The van der Waals surface area contributed by atoms with Crippen LogP contribution < -0.4 is 10.1 Å². The molecule has 38 heavy (non-hydrogen) atoms. The highest BCUT2D eigenvalue weighted by Crippen LogP contribution is 2.43. The fraction of sp³-hybridized carbons (Fsp3) is 0.333. The molecular weight excluding hydrogens is 494 g/mol. The van der Waals surface area contributed by atoms with Gasteiger partial charge in [-0.15, -0.1) is 0 Å². The molecule has 1 unspecified atom stereocenters. The van der Waals surface area contributed by atoms with Gasteiger partial charge >= 0.3 is 11.9 Å². The standard InChI is InChI=1S/C27H29N3O8/c1-5-36-26(32)23-16(2)28-17(3)24(25(23)21-8-6-7-9-22(21)30(34)35)27(33)38-15-14-37-20-12-10-19(11-13-20)29-18(4)31/h6-13,23,25H,5,14-15H2,1-4H3,(H,29,31)/t23?,25-/m0/s1. The van der Waals surface area contributed by atoms with Gasteiger partial charge in [0.15, 0.2) is 0 Å². The summed E-state index contributed by atoms with van der Waals surface area (Å²) < 4.78 is 16.3. The summed E-state index contributed by atoms with van der Waals surface area (Å²) in [5.74, 6) is -3.16. The molecule has 0 bridgehead atoms. The molecule has 1 amide bonds. The summed E-state index contributed by atoms with van der Waals surface area (Å²) in [4.78, 5) is 53.0. The molecular formula is C27H29N3O8. The van der Waals surface area contributed by atoms with Crippen molar-refractivity contribution >= 4 is 34.9 Å². The van der Waals surface area contributed by atoms with E-state index in [0.29, 0.717) is 22.8 Å². The molecule has 0 saturated carbocycles. The van der Waals surface area contributed by atoms with Crippen LogP contribution >= 0.6 is 0 Å². The van der Waals surface area contributed by atoms with E-state index in [0.717, 1.165) is 0 Å². The third kappa shape index (κ3) is 6.61. The number of esters is 2. The molecule has 0 aromatic heterocycles. The van der Waals surface area contributed by atoms with E-state index >= 15 is 0 Å². The van der Waals surface area contributed by atoms with Crippen molar-refractivity contribution in [3.8, 4) is 5.75 Å². The molecule has 0 aliphatic carbocycles. The highest BCUT2D eigenvalue weighted by atomic mass is 16.6. The Morgan fingerprint density at radius 2 is 1.71 bits per heavy atom. The van der Waals surface area contributed by atoms with Gasteiger partial charge in [0.1, 0.15) is 24.9 Å². The number of nitro groups is 1. The van der Waals surface area contributed by atoms with E-state index in [2.05, 4.69) is 10.3 Å². The predicted octanol–water partition coefficient (Wildman–Crippen LogP) is 4.19. The van der Waals surface area contributed by atoms with Crippen LogP contribution in [0, 0.1) is 16.0 Å². The summed E-state index contributed by atoms with van der Waals surface area (Å²) >= 11 is 0. The van der Waals surface area contributed by atoms with Crippen LogP contribution in [-0.4, -0.2) is 48.3 Å². The van der Waals surface area contributed by atoms with E-state index in [1.165, 1.54) is 25.1 Å². The number of carbonyl (C=O) groups is 3. The molecule has 11 nitrogen and oxygen atoms in total. The normalized spacial score (nSPS) is 16.8. The summed E-state index contributed by atoms with van der Waals surface area (Å²) in [6.07, 6.45) is 0. The maximum absolute atomic E-state index is 13.3. The number of amides is 1. The quantitative estimate of drug-likeness (QED) is 0.211. The average molecular weight is 524 g/mol. The monoisotopic (exact) mass is 523 g/mol. The molecule has 0 fully saturated rings. The van der Waals surface area contributed by atoms with E-state index in [1.807, 2.05) is 0 Å². The first-order chi connectivity index (χ1) is 18.1. The molecule has 2 aromatic rings. The Labute approximate surface area is 219 Å². The number of anilines is 1. The lowest BCUT2D eigenvalue weighted by molar-refractivity contribution is -0.385. The number of allylic oxidation sites excluding steroid dienone is 1. The Morgan fingerprint density at radius 1 is 1.03 bits per heavy atom. The van der Waals surface area contributed by atoms with Gasteiger partial charge < -0.3 is 19.5 Å². The third-order valence-corrected chi connectivity index (χ3v) is 5.82. The molecule has 2 atom stereocenters. The van der Waals surface area contributed by atoms with Crippen LogP contribution in [0.1, 0.15) is 39.2 Å². The van der Waals surface area contributed by atoms with E-state index in [-0.39, 0.29) is 42.6 Å². The van der Waals surface area contributed by atoms with E-state index in [9.17, 15) is 24.5 Å². The van der Waals surface area contributed by atoms with Crippen LogP contribution in [0.5, 0.6) is 5.75 Å². The lowest BCUT2D eigenvalue weighted by Gasteiger charge is -2.31. The van der Waals surface area contributed by atoms with Crippen molar-refractivity contribution in [3.63, 3.8) is 0 Å².